The number of unbranched alkanes of at least 4 members (excludes halogenated alkanes) is 2. The molecule has 3 heteroatoms. The van der Waals surface area contributed by atoms with Crippen LogP contribution < -0.4 is 0 Å². The Morgan fingerprint density at radius 3 is 2.43 bits per heavy atom. The Morgan fingerprint density at radius 2 is 1.93 bits per heavy atom. The van der Waals surface area contributed by atoms with Gasteiger partial charge in [0.2, 0.25) is 0 Å². The molecule has 84 valence electrons. The van der Waals surface area contributed by atoms with Gasteiger partial charge < -0.3 is 4.74 Å². The highest BCUT2D eigenvalue weighted by Crippen LogP contribution is 2.25. The molecule has 2 nitrogen and oxygen atoms in total. The summed E-state index contributed by atoms with van der Waals surface area (Å²) in [5, 5.41) is 0. The molecule has 0 aromatic rings. The smallest absolute Gasteiger partial charge is 0.311 e. The van der Waals surface area contributed by atoms with Gasteiger partial charge in [0.1, 0.15) is 0 Å². The number of hydrogen-bond acceptors (Lipinski definition) is 2. The zero-order valence-corrected chi connectivity index (χ0v) is 11.6. The van der Waals surface area contributed by atoms with Gasteiger partial charge in [-0.15, -0.1) is 0 Å². The van der Waals surface area contributed by atoms with Crippen molar-refractivity contribution < 1.29 is 9.53 Å². The molecule has 0 amide bonds. The van der Waals surface area contributed by atoms with E-state index in [1.165, 1.54) is 17.3 Å². The molecule has 0 fully saturated rings. The van der Waals surface area contributed by atoms with Gasteiger partial charge in [-0.1, -0.05) is 35.4 Å². The van der Waals surface area contributed by atoms with Crippen LogP contribution in [0.25, 0.3) is 0 Å². The van der Waals surface area contributed by atoms with Crippen molar-refractivity contribution in [1.29, 1.82) is 0 Å². The number of alkyl halides is 1. The second-order valence-corrected chi connectivity index (χ2v) is 5.18. The van der Waals surface area contributed by atoms with E-state index in [0.717, 1.165) is 12.8 Å². The van der Waals surface area contributed by atoms with Gasteiger partial charge in [-0.05, 0) is 38.0 Å². The lowest BCUT2D eigenvalue weighted by molar-refractivity contribution is -0.153. The molecule has 0 atom stereocenters. The van der Waals surface area contributed by atoms with Gasteiger partial charge in [0.05, 0.1) is 12.0 Å². The summed E-state index contributed by atoms with van der Waals surface area (Å²) in [6, 6.07) is 0. The Bertz CT molecular complexity index is 167. The average molecular weight is 312 g/mol. The normalized spacial score (nSPS) is 11.4. The summed E-state index contributed by atoms with van der Waals surface area (Å²) in [7, 11) is 0. The van der Waals surface area contributed by atoms with Crippen LogP contribution in [0.15, 0.2) is 0 Å². The van der Waals surface area contributed by atoms with E-state index >= 15 is 0 Å². The van der Waals surface area contributed by atoms with Crippen LogP contribution in [0, 0.1) is 5.41 Å². The third-order valence-electron chi connectivity index (χ3n) is 2.26. The highest BCUT2D eigenvalue weighted by molar-refractivity contribution is 14.1. The van der Waals surface area contributed by atoms with Crippen LogP contribution in [-0.4, -0.2) is 17.0 Å². The third kappa shape index (κ3) is 5.83. The Hall–Kier alpha value is 0.200. The largest absolute Gasteiger partial charge is 0.466 e. The summed E-state index contributed by atoms with van der Waals surface area (Å²) in [5.74, 6) is -0.0607. The Morgan fingerprint density at radius 1 is 1.29 bits per heavy atom. The zero-order chi connectivity index (χ0) is 11.0. The number of halogens is 1. The zero-order valence-electron chi connectivity index (χ0n) is 9.44. The molecule has 0 spiro atoms. The SMILES string of the molecule is CCOC(=O)C(C)(C)CCCCCI. The summed E-state index contributed by atoms with van der Waals surface area (Å²) in [6.07, 6.45) is 4.52. The van der Waals surface area contributed by atoms with Crippen LogP contribution >= 0.6 is 22.6 Å². The van der Waals surface area contributed by atoms with E-state index < -0.39 is 0 Å². The molecule has 0 saturated heterocycles. The van der Waals surface area contributed by atoms with E-state index in [1.54, 1.807) is 0 Å². The molecule has 0 unspecified atom stereocenters. The molecule has 0 aliphatic rings. The standard InChI is InChI=1S/C11H21IO2/c1-4-14-10(13)11(2,3)8-6-5-7-9-12/h4-9H2,1-3H3. The number of ether oxygens (including phenoxy) is 1. The fourth-order valence-corrected chi connectivity index (χ4v) is 1.81. The number of carbonyl (C=O) groups excluding carboxylic acids is 1. The van der Waals surface area contributed by atoms with Crippen molar-refractivity contribution in [2.45, 2.75) is 46.5 Å². The summed E-state index contributed by atoms with van der Waals surface area (Å²) < 4.78 is 6.23. The highest BCUT2D eigenvalue weighted by atomic mass is 127. The first-order valence-corrected chi connectivity index (χ1v) is 6.80. The fraction of sp³-hybridized carbons (Fsp3) is 0.909. The van der Waals surface area contributed by atoms with Gasteiger partial charge in [-0.2, -0.15) is 0 Å². The summed E-state index contributed by atoms with van der Waals surface area (Å²) in [4.78, 5) is 11.5. The molecule has 0 N–H and O–H groups in total. The van der Waals surface area contributed by atoms with Gasteiger partial charge in [0.15, 0.2) is 0 Å². The van der Waals surface area contributed by atoms with Crippen molar-refractivity contribution >= 4 is 28.6 Å². The lowest BCUT2D eigenvalue weighted by Crippen LogP contribution is -2.26. The number of hydrogen-bond donors (Lipinski definition) is 0. The van der Waals surface area contributed by atoms with E-state index in [0.29, 0.717) is 6.61 Å². The maximum Gasteiger partial charge on any atom is 0.311 e. The van der Waals surface area contributed by atoms with Crippen molar-refractivity contribution in [2.24, 2.45) is 5.41 Å². The predicted octanol–water partition coefficient (Wildman–Crippen LogP) is 3.57. The highest BCUT2D eigenvalue weighted by Gasteiger charge is 2.28. The Labute approximate surface area is 101 Å². The maximum atomic E-state index is 11.5. The van der Waals surface area contributed by atoms with E-state index in [9.17, 15) is 4.79 Å². The van der Waals surface area contributed by atoms with Crippen LogP contribution in [0.1, 0.15) is 46.5 Å². The van der Waals surface area contributed by atoms with Crippen LogP contribution in [-0.2, 0) is 9.53 Å². The number of carbonyl (C=O) groups is 1. The quantitative estimate of drug-likeness (QED) is 0.311. The van der Waals surface area contributed by atoms with Crippen LogP contribution in [0.4, 0.5) is 0 Å². The molecular formula is C11H21IO2. The third-order valence-corrected chi connectivity index (χ3v) is 3.03. The Balaban J connectivity index is 3.76. The maximum absolute atomic E-state index is 11.5. The average Bonchev–Trinajstić information content (AvgIpc) is 2.13. The molecular weight excluding hydrogens is 291 g/mol. The lowest BCUT2D eigenvalue weighted by Gasteiger charge is -2.21. The molecule has 0 aliphatic heterocycles. The number of rotatable bonds is 7. The van der Waals surface area contributed by atoms with E-state index in [1.807, 2.05) is 20.8 Å². The molecule has 0 rings (SSSR count). The minimum Gasteiger partial charge on any atom is -0.466 e. The summed E-state index contributed by atoms with van der Waals surface area (Å²) in [5.41, 5.74) is -0.304. The molecule has 0 aromatic carbocycles. The van der Waals surface area contributed by atoms with Gasteiger partial charge in [-0.3, -0.25) is 4.79 Å². The van der Waals surface area contributed by atoms with Gasteiger partial charge in [0, 0.05) is 0 Å². The molecule has 0 saturated carbocycles. The van der Waals surface area contributed by atoms with E-state index in [-0.39, 0.29) is 11.4 Å². The van der Waals surface area contributed by atoms with Crippen molar-refractivity contribution in [3.05, 3.63) is 0 Å². The van der Waals surface area contributed by atoms with Gasteiger partial charge in [-0.25, -0.2) is 0 Å². The second-order valence-electron chi connectivity index (χ2n) is 4.10. The molecule has 0 bridgehead atoms. The topological polar surface area (TPSA) is 26.3 Å². The second kappa shape index (κ2) is 7.49. The first-order chi connectivity index (χ1) is 6.54. The minimum absolute atomic E-state index is 0.0607. The fourth-order valence-electron chi connectivity index (χ4n) is 1.27. The molecule has 0 heterocycles. The molecule has 14 heavy (non-hydrogen) atoms. The first-order valence-electron chi connectivity index (χ1n) is 5.27. The van der Waals surface area contributed by atoms with Crippen LogP contribution in [0.5, 0.6) is 0 Å². The van der Waals surface area contributed by atoms with Gasteiger partial charge >= 0.3 is 5.97 Å². The first kappa shape index (κ1) is 14.2. The lowest BCUT2D eigenvalue weighted by atomic mass is 9.87. The molecule has 0 radical (unpaired) electrons. The molecule has 0 aliphatic carbocycles. The Kier molecular flexibility index (Phi) is 7.59. The van der Waals surface area contributed by atoms with Crippen LogP contribution in [0.2, 0.25) is 0 Å². The predicted molar refractivity (Wildman–Crippen MR) is 67.8 cm³/mol. The van der Waals surface area contributed by atoms with Gasteiger partial charge in [0.25, 0.3) is 0 Å². The van der Waals surface area contributed by atoms with Crippen molar-refractivity contribution in [2.75, 3.05) is 11.0 Å². The monoisotopic (exact) mass is 312 g/mol. The van der Waals surface area contributed by atoms with Crippen molar-refractivity contribution in [3.63, 3.8) is 0 Å². The van der Waals surface area contributed by atoms with Crippen LogP contribution in [0.3, 0.4) is 0 Å². The molecule has 0 aromatic heterocycles. The van der Waals surface area contributed by atoms with E-state index in [2.05, 4.69) is 22.6 Å². The van der Waals surface area contributed by atoms with E-state index in [4.69, 9.17) is 4.74 Å². The minimum atomic E-state index is -0.304. The summed E-state index contributed by atoms with van der Waals surface area (Å²) >= 11 is 2.38. The van der Waals surface area contributed by atoms with Crippen molar-refractivity contribution in [1.82, 2.24) is 0 Å². The summed E-state index contributed by atoms with van der Waals surface area (Å²) in [6.45, 7) is 6.27. The number of esters is 1. The van der Waals surface area contributed by atoms with Crippen molar-refractivity contribution in [3.8, 4) is 0 Å².